The fraction of sp³-hybridized carbons (Fsp3) is 0.0435. The molecule has 0 amide bonds. The van der Waals surface area contributed by atoms with Crippen LogP contribution in [0.2, 0.25) is 5.02 Å². The molecule has 0 N–H and O–H groups in total. The van der Waals surface area contributed by atoms with Crippen molar-refractivity contribution in [2.75, 3.05) is 0 Å². The van der Waals surface area contributed by atoms with Crippen molar-refractivity contribution in [2.24, 2.45) is 4.99 Å². The molecule has 1 aliphatic heterocycles. The van der Waals surface area contributed by atoms with E-state index in [2.05, 4.69) is 4.99 Å². The highest BCUT2D eigenvalue weighted by Gasteiger charge is 2.25. The third-order valence-electron chi connectivity index (χ3n) is 4.21. The number of ether oxygens (including phenoxy) is 2. The van der Waals surface area contributed by atoms with Crippen molar-refractivity contribution in [3.63, 3.8) is 0 Å². The Labute approximate surface area is 171 Å². The molecule has 4 rings (SSSR count). The summed E-state index contributed by atoms with van der Waals surface area (Å²) >= 11 is 6.15. The summed E-state index contributed by atoms with van der Waals surface area (Å²) in [7, 11) is 0. The summed E-state index contributed by atoms with van der Waals surface area (Å²) < 4.78 is 24.0. The topological polar surface area (TPSA) is 47.9 Å². The Morgan fingerprint density at radius 2 is 1.83 bits per heavy atom. The molecule has 1 aliphatic rings. The molecule has 0 atom stereocenters. The first-order valence-corrected chi connectivity index (χ1v) is 9.21. The molecular weight excluding hydrogens is 393 g/mol. The van der Waals surface area contributed by atoms with E-state index in [1.54, 1.807) is 54.6 Å². The molecule has 0 unspecified atom stereocenters. The SMILES string of the molecule is O=C1OC(c2ccccc2Cl)=N/C1=C/c1cccc(OCc2ccc(F)cc2)c1. The first kappa shape index (κ1) is 18.9. The summed E-state index contributed by atoms with van der Waals surface area (Å²) in [5.74, 6) is -0.0407. The highest BCUT2D eigenvalue weighted by Crippen LogP contribution is 2.24. The second-order valence-corrected chi connectivity index (χ2v) is 6.71. The number of cyclic esters (lactones) is 1. The molecule has 0 saturated carbocycles. The van der Waals surface area contributed by atoms with Crippen LogP contribution in [-0.4, -0.2) is 11.9 Å². The third-order valence-corrected chi connectivity index (χ3v) is 4.53. The number of hydrogen-bond acceptors (Lipinski definition) is 4. The van der Waals surface area contributed by atoms with Crippen LogP contribution in [0.4, 0.5) is 4.39 Å². The minimum Gasteiger partial charge on any atom is -0.489 e. The van der Waals surface area contributed by atoms with E-state index in [0.717, 1.165) is 11.1 Å². The van der Waals surface area contributed by atoms with Gasteiger partial charge in [0.15, 0.2) is 5.70 Å². The maximum atomic E-state index is 13.0. The Hall–Kier alpha value is -3.44. The second kappa shape index (κ2) is 8.29. The molecule has 0 spiro atoms. The van der Waals surface area contributed by atoms with E-state index in [1.165, 1.54) is 12.1 Å². The molecule has 0 saturated heterocycles. The fourth-order valence-corrected chi connectivity index (χ4v) is 2.97. The minimum atomic E-state index is -0.544. The number of aliphatic imine (C=N–C) groups is 1. The molecule has 144 valence electrons. The van der Waals surface area contributed by atoms with Gasteiger partial charge in [-0.25, -0.2) is 14.2 Å². The zero-order valence-corrected chi connectivity index (χ0v) is 15.9. The molecule has 0 radical (unpaired) electrons. The summed E-state index contributed by atoms with van der Waals surface area (Å²) in [5.41, 5.74) is 2.32. The summed E-state index contributed by atoms with van der Waals surface area (Å²) in [5, 5.41) is 0.455. The Kier molecular flexibility index (Phi) is 5.40. The Balaban J connectivity index is 1.52. The lowest BCUT2D eigenvalue weighted by Gasteiger charge is -2.07. The van der Waals surface area contributed by atoms with Crippen molar-refractivity contribution in [2.45, 2.75) is 6.61 Å². The molecule has 1 heterocycles. The largest absolute Gasteiger partial charge is 0.489 e. The number of benzene rings is 3. The van der Waals surface area contributed by atoms with E-state index in [0.29, 0.717) is 22.9 Å². The number of carbonyl (C=O) groups excluding carboxylic acids is 1. The first-order chi connectivity index (χ1) is 14.1. The van der Waals surface area contributed by atoms with Crippen LogP contribution >= 0.6 is 11.6 Å². The Bertz CT molecular complexity index is 1120. The fourth-order valence-electron chi connectivity index (χ4n) is 2.76. The van der Waals surface area contributed by atoms with E-state index in [9.17, 15) is 9.18 Å². The van der Waals surface area contributed by atoms with Gasteiger partial charge >= 0.3 is 5.97 Å². The number of rotatable bonds is 5. The van der Waals surface area contributed by atoms with E-state index in [1.807, 2.05) is 12.1 Å². The second-order valence-electron chi connectivity index (χ2n) is 6.30. The molecule has 0 bridgehead atoms. The molecule has 29 heavy (non-hydrogen) atoms. The maximum Gasteiger partial charge on any atom is 0.363 e. The zero-order valence-electron chi connectivity index (χ0n) is 15.1. The van der Waals surface area contributed by atoms with Crippen molar-refractivity contribution < 1.29 is 18.7 Å². The maximum absolute atomic E-state index is 13.0. The quantitative estimate of drug-likeness (QED) is 0.420. The first-order valence-electron chi connectivity index (χ1n) is 8.83. The third kappa shape index (κ3) is 4.52. The number of esters is 1. The van der Waals surface area contributed by atoms with Gasteiger partial charge in [-0.2, -0.15) is 0 Å². The van der Waals surface area contributed by atoms with E-state index < -0.39 is 5.97 Å². The predicted molar refractivity (Wildman–Crippen MR) is 109 cm³/mol. The van der Waals surface area contributed by atoms with Crippen LogP contribution in [0.15, 0.2) is 83.5 Å². The van der Waals surface area contributed by atoms with Crippen LogP contribution in [0.5, 0.6) is 5.75 Å². The van der Waals surface area contributed by atoms with Gasteiger partial charge in [0.1, 0.15) is 18.2 Å². The number of hydrogen-bond donors (Lipinski definition) is 0. The molecule has 0 fully saturated rings. The Morgan fingerprint density at radius 3 is 2.62 bits per heavy atom. The standard InChI is InChI=1S/C23H15ClFNO3/c24-20-7-2-1-6-19(20)22-26-21(23(27)29-22)13-16-4-3-5-18(12-16)28-14-15-8-10-17(25)11-9-15/h1-13H,14H2/b21-13+. The van der Waals surface area contributed by atoms with E-state index >= 15 is 0 Å². The van der Waals surface area contributed by atoms with Crippen molar-refractivity contribution >= 4 is 29.5 Å². The monoisotopic (exact) mass is 407 g/mol. The summed E-state index contributed by atoms with van der Waals surface area (Å²) in [6.45, 7) is 0.303. The minimum absolute atomic E-state index is 0.176. The van der Waals surface area contributed by atoms with Gasteiger partial charge in [-0.3, -0.25) is 0 Å². The highest BCUT2D eigenvalue weighted by molar-refractivity contribution is 6.34. The zero-order chi connectivity index (χ0) is 20.2. The smallest absolute Gasteiger partial charge is 0.363 e. The molecule has 6 heteroatoms. The van der Waals surface area contributed by atoms with Crippen LogP contribution < -0.4 is 4.74 Å². The van der Waals surface area contributed by atoms with Crippen molar-refractivity contribution in [3.05, 3.63) is 106 Å². The van der Waals surface area contributed by atoms with Crippen LogP contribution in [-0.2, 0) is 16.1 Å². The number of carbonyl (C=O) groups is 1. The normalized spacial score (nSPS) is 14.6. The van der Waals surface area contributed by atoms with E-state index in [4.69, 9.17) is 21.1 Å². The summed E-state index contributed by atoms with van der Waals surface area (Å²) in [4.78, 5) is 16.5. The van der Waals surface area contributed by atoms with Gasteiger partial charge in [-0.05, 0) is 53.6 Å². The van der Waals surface area contributed by atoms with Crippen molar-refractivity contribution in [1.29, 1.82) is 0 Å². The molecule has 0 aromatic heterocycles. The van der Waals surface area contributed by atoms with Crippen LogP contribution in [0, 0.1) is 5.82 Å². The van der Waals surface area contributed by atoms with Gasteiger partial charge in [-0.15, -0.1) is 0 Å². The van der Waals surface area contributed by atoms with E-state index in [-0.39, 0.29) is 17.4 Å². The van der Waals surface area contributed by atoms with Gasteiger partial charge in [0.2, 0.25) is 5.90 Å². The number of nitrogens with zero attached hydrogens (tertiary/aromatic N) is 1. The van der Waals surface area contributed by atoms with Crippen LogP contribution in [0.1, 0.15) is 16.7 Å². The Morgan fingerprint density at radius 1 is 1.03 bits per heavy atom. The van der Waals surface area contributed by atoms with Gasteiger partial charge in [0, 0.05) is 0 Å². The lowest BCUT2D eigenvalue weighted by molar-refractivity contribution is -0.129. The molecule has 3 aromatic carbocycles. The predicted octanol–water partition coefficient (Wildman–Crippen LogP) is 5.40. The molecule has 3 aromatic rings. The highest BCUT2D eigenvalue weighted by atomic mass is 35.5. The molecule has 0 aliphatic carbocycles. The van der Waals surface area contributed by atoms with Crippen LogP contribution in [0.25, 0.3) is 6.08 Å². The average molecular weight is 408 g/mol. The number of halogens is 2. The van der Waals surface area contributed by atoms with Crippen molar-refractivity contribution in [1.82, 2.24) is 0 Å². The molecular formula is C23H15ClFNO3. The average Bonchev–Trinajstić information content (AvgIpc) is 3.08. The van der Waals surface area contributed by atoms with Gasteiger partial charge in [0.25, 0.3) is 0 Å². The van der Waals surface area contributed by atoms with Crippen molar-refractivity contribution in [3.8, 4) is 5.75 Å². The van der Waals surface area contributed by atoms with Crippen LogP contribution in [0.3, 0.4) is 0 Å². The summed E-state index contributed by atoms with van der Waals surface area (Å²) in [6.07, 6.45) is 1.62. The lowest BCUT2D eigenvalue weighted by atomic mass is 10.2. The lowest BCUT2D eigenvalue weighted by Crippen LogP contribution is -2.05. The van der Waals surface area contributed by atoms with Gasteiger partial charge < -0.3 is 9.47 Å². The molecule has 4 nitrogen and oxygen atoms in total. The van der Waals surface area contributed by atoms with Gasteiger partial charge in [-0.1, -0.05) is 48.0 Å². The van der Waals surface area contributed by atoms with Gasteiger partial charge in [0.05, 0.1) is 10.6 Å². The summed E-state index contributed by atoms with van der Waals surface area (Å²) in [6, 6.07) is 20.4.